The van der Waals surface area contributed by atoms with Crippen LogP contribution < -0.4 is 5.73 Å². The molecule has 1 atom stereocenters. The van der Waals surface area contributed by atoms with Crippen molar-refractivity contribution in [3.63, 3.8) is 0 Å². The van der Waals surface area contributed by atoms with Crippen LogP contribution in [-0.4, -0.2) is 19.9 Å². The molecule has 0 rings (SSSR count). The molecule has 0 aliphatic carbocycles. The van der Waals surface area contributed by atoms with Crippen LogP contribution in [0.1, 0.15) is 0 Å². The van der Waals surface area contributed by atoms with Gasteiger partial charge in [0.15, 0.2) is 0 Å². The zero-order valence-electron chi connectivity index (χ0n) is 4.24. The first-order chi connectivity index (χ1) is 3.65. The van der Waals surface area contributed by atoms with Gasteiger partial charge in [-0.15, -0.1) is 6.58 Å². The van der Waals surface area contributed by atoms with Crippen molar-refractivity contribution in [2.24, 2.45) is 5.73 Å². The molecule has 8 heavy (non-hydrogen) atoms. The lowest BCUT2D eigenvalue weighted by Crippen LogP contribution is -1.90. The van der Waals surface area contributed by atoms with E-state index in [0.29, 0.717) is 6.54 Å². The highest BCUT2D eigenvalue weighted by molar-refractivity contribution is 7.73. The lowest BCUT2D eigenvalue weighted by Gasteiger charge is -1.83. The van der Waals surface area contributed by atoms with Crippen molar-refractivity contribution >= 4 is 11.4 Å². The Hall–Kier alpha value is -0.230. The van der Waals surface area contributed by atoms with Crippen molar-refractivity contribution in [1.29, 1.82) is 0 Å². The van der Waals surface area contributed by atoms with Gasteiger partial charge in [-0.3, -0.25) is 0 Å². The summed E-state index contributed by atoms with van der Waals surface area (Å²) in [6.45, 7) is 3.94. The van der Waals surface area contributed by atoms with E-state index in [2.05, 4.69) is 6.58 Å². The molecule has 0 aliphatic heterocycles. The van der Waals surface area contributed by atoms with E-state index in [4.69, 9.17) is 19.0 Å². The van der Waals surface area contributed by atoms with E-state index in [1.165, 1.54) is 0 Å². The average Bonchev–Trinajstić information content (AvgIpc) is 1.65. The number of nitrogens with two attached hydrogens (primary N) is 1. The Labute approximate surface area is 50.5 Å². The minimum absolute atomic E-state index is 0.583. The zero-order valence-corrected chi connectivity index (χ0v) is 5.06. The van der Waals surface area contributed by atoms with Crippen LogP contribution in [0.4, 0.5) is 0 Å². The molecule has 3 N–H and O–H groups in total. The molecule has 50 valence electrons. The van der Waals surface area contributed by atoms with Gasteiger partial charge in [-0.05, 0) is 0 Å². The van der Waals surface area contributed by atoms with E-state index in [-0.39, 0.29) is 0 Å². The van der Waals surface area contributed by atoms with Crippen molar-refractivity contribution in [2.75, 3.05) is 6.54 Å². The van der Waals surface area contributed by atoms with Gasteiger partial charge in [0, 0.05) is 6.54 Å². The fourth-order valence-corrected chi connectivity index (χ4v) is 0. The summed E-state index contributed by atoms with van der Waals surface area (Å²) in [5.41, 5.74) is 4.91. The van der Waals surface area contributed by atoms with Gasteiger partial charge in [0.2, 0.25) is 0 Å². The molecular weight excluding hydrogens is 130 g/mol. The number of rotatable bonds is 1. The van der Waals surface area contributed by atoms with Gasteiger partial charge in [0.1, 0.15) is 0 Å². The molecule has 1 unspecified atom stereocenters. The van der Waals surface area contributed by atoms with Gasteiger partial charge in [0.25, 0.3) is 0 Å². The molecule has 0 radical (unpaired) electrons. The molecule has 0 aromatic carbocycles. The first kappa shape index (κ1) is 10.7. The first-order valence-corrected chi connectivity index (χ1v) is 2.77. The van der Waals surface area contributed by atoms with Crippen LogP contribution in [0, 0.1) is 0 Å². The summed E-state index contributed by atoms with van der Waals surface area (Å²) in [7, 11) is 0. The second-order valence-electron chi connectivity index (χ2n) is 0.741. The van der Waals surface area contributed by atoms with Crippen LogP contribution >= 0.6 is 0 Å². The Morgan fingerprint density at radius 3 is 2.12 bits per heavy atom. The van der Waals surface area contributed by atoms with Crippen LogP contribution in [0.3, 0.4) is 0 Å². The Bertz CT molecular complexity index is 70.9. The van der Waals surface area contributed by atoms with Gasteiger partial charge >= 0.3 is 0 Å². The maximum atomic E-state index is 8.56. The van der Waals surface area contributed by atoms with Crippen LogP contribution in [0.15, 0.2) is 12.7 Å². The van der Waals surface area contributed by atoms with E-state index in [9.17, 15) is 0 Å². The third-order valence-electron chi connectivity index (χ3n) is 0.167. The van der Waals surface area contributed by atoms with Crippen molar-refractivity contribution in [3.05, 3.63) is 12.7 Å². The second kappa shape index (κ2) is 9.91. The Morgan fingerprint density at radius 2 is 2.12 bits per heavy atom. The van der Waals surface area contributed by atoms with Gasteiger partial charge in [0.05, 0.1) is 11.4 Å². The Kier molecular flexibility index (Phi) is 13.2. The van der Waals surface area contributed by atoms with E-state index >= 15 is 0 Å². The van der Waals surface area contributed by atoms with E-state index in [1.54, 1.807) is 6.08 Å². The highest BCUT2D eigenvalue weighted by Gasteiger charge is 1.43. The summed E-state index contributed by atoms with van der Waals surface area (Å²) in [5, 5.41) is 0. The molecule has 0 heterocycles. The van der Waals surface area contributed by atoms with Crippen molar-refractivity contribution in [2.45, 2.75) is 0 Å². The van der Waals surface area contributed by atoms with Crippen molar-refractivity contribution in [1.82, 2.24) is 0 Å². The summed E-state index contributed by atoms with van der Waals surface area (Å²) in [6, 6.07) is 0. The number of hydrogen-bond acceptors (Lipinski definition) is 3. The molecule has 0 saturated carbocycles. The fourth-order valence-electron chi connectivity index (χ4n) is 0. The van der Waals surface area contributed by atoms with Gasteiger partial charge < -0.3 is 14.8 Å². The highest BCUT2D eigenvalue weighted by atomic mass is 32.2. The smallest absolute Gasteiger partial charge is 0.0814 e. The van der Waals surface area contributed by atoms with Gasteiger partial charge in [-0.1, -0.05) is 6.08 Å². The third kappa shape index (κ3) is 221. The standard InChI is InChI=1S/C3H7N.H2O3S/c1-2-3-4;1-4(2)3/h2H,1,3-4H2;(H2,1,2,3)/p-1. The molecule has 0 saturated heterocycles. The van der Waals surface area contributed by atoms with Crippen LogP contribution in [0.2, 0.25) is 0 Å². The summed E-state index contributed by atoms with van der Waals surface area (Å²) >= 11 is -2.86. The summed E-state index contributed by atoms with van der Waals surface area (Å²) in [4.78, 5) is 0. The predicted octanol–water partition coefficient (Wildman–Crippen LogP) is -0.530. The molecule has 0 aromatic heterocycles. The molecule has 0 aliphatic rings. The molecule has 0 spiro atoms. The summed E-state index contributed by atoms with van der Waals surface area (Å²) < 4.78 is 24.1. The molecule has 0 amide bonds. The predicted molar refractivity (Wildman–Crippen MR) is 30.8 cm³/mol. The quantitative estimate of drug-likeness (QED) is 0.376. The Morgan fingerprint density at radius 1 is 2.00 bits per heavy atom. The lowest BCUT2D eigenvalue weighted by molar-refractivity contribution is 0.436. The maximum Gasteiger partial charge on any atom is 0.0814 e. The van der Waals surface area contributed by atoms with Crippen LogP contribution in [0.25, 0.3) is 0 Å². The van der Waals surface area contributed by atoms with Crippen molar-refractivity contribution in [3.8, 4) is 0 Å². The van der Waals surface area contributed by atoms with Crippen molar-refractivity contribution < 1.29 is 13.3 Å². The molecular formula is C3H8NO3S-. The Balaban J connectivity index is 0. The fraction of sp³-hybridized carbons (Fsp3) is 0.333. The molecule has 5 heteroatoms. The van der Waals surface area contributed by atoms with Crippen LogP contribution in [-0.2, 0) is 11.4 Å². The molecule has 0 fully saturated rings. The van der Waals surface area contributed by atoms with E-state index in [1.807, 2.05) is 0 Å². The topological polar surface area (TPSA) is 86.4 Å². The van der Waals surface area contributed by atoms with E-state index in [0.717, 1.165) is 0 Å². The maximum absolute atomic E-state index is 8.56. The lowest BCUT2D eigenvalue weighted by atomic mass is 10.7. The second-order valence-corrected chi connectivity index (χ2v) is 1.18. The largest absolute Gasteiger partial charge is 0.750 e. The molecule has 0 aromatic rings. The number of hydrogen-bond donors (Lipinski definition) is 2. The highest BCUT2D eigenvalue weighted by Crippen LogP contribution is 1.43. The monoisotopic (exact) mass is 138 g/mol. The minimum Gasteiger partial charge on any atom is -0.750 e. The summed E-state index contributed by atoms with van der Waals surface area (Å²) in [6.07, 6.45) is 1.65. The SMILES string of the molecule is C=CCN.O=S([O-])O. The minimum atomic E-state index is -2.86. The third-order valence-corrected chi connectivity index (χ3v) is 0.167. The summed E-state index contributed by atoms with van der Waals surface area (Å²) in [5.74, 6) is 0. The van der Waals surface area contributed by atoms with Gasteiger partial charge in [-0.25, -0.2) is 4.21 Å². The normalized spacial score (nSPS) is 10.9. The molecule has 0 bridgehead atoms. The van der Waals surface area contributed by atoms with E-state index < -0.39 is 11.4 Å². The zero-order chi connectivity index (χ0) is 6.99. The van der Waals surface area contributed by atoms with Crippen LogP contribution in [0.5, 0.6) is 0 Å². The first-order valence-electron chi connectivity index (χ1n) is 1.74. The van der Waals surface area contributed by atoms with Gasteiger partial charge in [-0.2, -0.15) is 0 Å². The molecule has 4 nitrogen and oxygen atoms in total. The average molecular weight is 138 g/mol.